The lowest BCUT2D eigenvalue weighted by Crippen LogP contribution is -2.55. The van der Waals surface area contributed by atoms with Crippen LogP contribution >= 0.6 is 0 Å². The van der Waals surface area contributed by atoms with Crippen molar-refractivity contribution in [2.75, 3.05) is 39.3 Å². The van der Waals surface area contributed by atoms with E-state index >= 15 is 0 Å². The zero-order valence-corrected chi connectivity index (χ0v) is 13.8. The molecular formula is C17H29N3O2. The number of rotatable bonds is 2. The maximum atomic E-state index is 12.7. The van der Waals surface area contributed by atoms with Crippen LogP contribution in [0.1, 0.15) is 45.4 Å². The molecule has 5 heteroatoms. The van der Waals surface area contributed by atoms with Gasteiger partial charge in [0.2, 0.25) is 11.8 Å². The van der Waals surface area contributed by atoms with Gasteiger partial charge in [0, 0.05) is 45.7 Å². The topological polar surface area (TPSA) is 43.9 Å². The van der Waals surface area contributed by atoms with Gasteiger partial charge in [0.15, 0.2) is 0 Å². The van der Waals surface area contributed by atoms with Crippen LogP contribution in [0.15, 0.2) is 0 Å². The van der Waals surface area contributed by atoms with Crippen LogP contribution in [-0.2, 0) is 9.59 Å². The van der Waals surface area contributed by atoms with Crippen molar-refractivity contribution in [2.45, 2.75) is 51.5 Å². The van der Waals surface area contributed by atoms with Crippen LogP contribution in [0.4, 0.5) is 0 Å². The molecule has 2 heterocycles. The zero-order chi connectivity index (χ0) is 15.5. The number of carbonyl (C=O) groups is 2. The molecule has 0 aromatic rings. The fraction of sp³-hybridized carbons (Fsp3) is 0.882. The summed E-state index contributed by atoms with van der Waals surface area (Å²) in [6.45, 7) is 6.28. The molecule has 0 spiro atoms. The molecule has 1 aliphatic carbocycles. The largest absolute Gasteiger partial charge is 0.340 e. The van der Waals surface area contributed by atoms with Gasteiger partial charge in [-0.05, 0) is 31.6 Å². The SMILES string of the molecule is CC(=O)N1CCN(CC(=O)N2CCCC3CCCCC32)CC1. The molecule has 3 aliphatic rings. The Morgan fingerprint density at radius 2 is 1.59 bits per heavy atom. The third-order valence-electron chi connectivity index (χ3n) is 5.74. The molecule has 3 fully saturated rings. The van der Waals surface area contributed by atoms with Crippen molar-refractivity contribution in [1.29, 1.82) is 0 Å². The summed E-state index contributed by atoms with van der Waals surface area (Å²) in [6.07, 6.45) is 7.62. The Balaban J connectivity index is 1.52. The van der Waals surface area contributed by atoms with Crippen molar-refractivity contribution in [2.24, 2.45) is 5.92 Å². The van der Waals surface area contributed by atoms with Crippen molar-refractivity contribution in [1.82, 2.24) is 14.7 Å². The van der Waals surface area contributed by atoms with Crippen LogP contribution in [0.3, 0.4) is 0 Å². The summed E-state index contributed by atoms with van der Waals surface area (Å²) in [5, 5.41) is 0. The predicted molar refractivity (Wildman–Crippen MR) is 85.4 cm³/mol. The first-order valence-electron chi connectivity index (χ1n) is 8.92. The Morgan fingerprint density at radius 1 is 0.909 bits per heavy atom. The molecule has 0 aromatic heterocycles. The molecule has 0 radical (unpaired) electrons. The molecule has 0 aromatic carbocycles. The number of fused-ring (bicyclic) bond motifs is 1. The van der Waals surface area contributed by atoms with E-state index in [4.69, 9.17) is 0 Å². The number of carbonyl (C=O) groups excluding carboxylic acids is 2. The highest BCUT2D eigenvalue weighted by Crippen LogP contribution is 2.35. The number of nitrogens with zero attached hydrogens (tertiary/aromatic N) is 3. The molecule has 2 aliphatic heterocycles. The predicted octanol–water partition coefficient (Wildman–Crippen LogP) is 1.33. The van der Waals surface area contributed by atoms with Gasteiger partial charge < -0.3 is 9.80 Å². The highest BCUT2D eigenvalue weighted by molar-refractivity contribution is 5.79. The smallest absolute Gasteiger partial charge is 0.237 e. The average molecular weight is 307 g/mol. The molecule has 0 bridgehead atoms. The van der Waals surface area contributed by atoms with Gasteiger partial charge in [-0.1, -0.05) is 12.8 Å². The first-order valence-corrected chi connectivity index (χ1v) is 8.92. The Labute approximate surface area is 133 Å². The standard InChI is InChI=1S/C17H29N3O2/c1-14(21)19-11-9-18(10-12-19)13-17(22)20-8-4-6-15-5-2-3-7-16(15)20/h15-16H,2-13H2,1H3. The van der Waals surface area contributed by atoms with E-state index in [1.54, 1.807) is 6.92 Å². The molecule has 0 N–H and O–H groups in total. The summed E-state index contributed by atoms with van der Waals surface area (Å²) < 4.78 is 0. The van der Waals surface area contributed by atoms with E-state index in [0.29, 0.717) is 18.5 Å². The van der Waals surface area contributed by atoms with Gasteiger partial charge in [-0.2, -0.15) is 0 Å². The lowest BCUT2D eigenvalue weighted by molar-refractivity contribution is -0.139. The fourth-order valence-electron chi connectivity index (χ4n) is 4.44. The van der Waals surface area contributed by atoms with E-state index in [1.807, 2.05) is 4.90 Å². The first-order chi connectivity index (χ1) is 10.6. The summed E-state index contributed by atoms with van der Waals surface area (Å²) in [4.78, 5) is 30.4. The Hall–Kier alpha value is -1.10. The first kappa shape index (κ1) is 15.8. The number of hydrogen-bond donors (Lipinski definition) is 0. The van der Waals surface area contributed by atoms with Crippen LogP contribution in [0.2, 0.25) is 0 Å². The monoisotopic (exact) mass is 307 g/mol. The van der Waals surface area contributed by atoms with Gasteiger partial charge in [0.1, 0.15) is 0 Å². The number of piperazine rings is 1. The highest BCUT2D eigenvalue weighted by Gasteiger charge is 2.36. The molecule has 3 rings (SSSR count). The van der Waals surface area contributed by atoms with Gasteiger partial charge in [-0.3, -0.25) is 14.5 Å². The molecule has 2 amide bonds. The maximum absolute atomic E-state index is 12.7. The zero-order valence-electron chi connectivity index (χ0n) is 13.8. The minimum atomic E-state index is 0.145. The van der Waals surface area contributed by atoms with Crippen LogP contribution in [-0.4, -0.2) is 71.8 Å². The van der Waals surface area contributed by atoms with Crippen molar-refractivity contribution in [3.05, 3.63) is 0 Å². The van der Waals surface area contributed by atoms with Crippen LogP contribution < -0.4 is 0 Å². The number of amides is 2. The van der Waals surface area contributed by atoms with E-state index in [-0.39, 0.29) is 5.91 Å². The highest BCUT2D eigenvalue weighted by atomic mass is 16.2. The summed E-state index contributed by atoms with van der Waals surface area (Å²) in [7, 11) is 0. The van der Waals surface area contributed by atoms with Crippen LogP contribution in [0, 0.1) is 5.92 Å². The van der Waals surface area contributed by atoms with E-state index < -0.39 is 0 Å². The van der Waals surface area contributed by atoms with Crippen molar-refractivity contribution < 1.29 is 9.59 Å². The summed E-state index contributed by atoms with van der Waals surface area (Å²) in [5.41, 5.74) is 0. The van der Waals surface area contributed by atoms with Crippen LogP contribution in [0.5, 0.6) is 0 Å². The van der Waals surface area contributed by atoms with Crippen molar-refractivity contribution >= 4 is 11.8 Å². The second-order valence-corrected chi connectivity index (χ2v) is 7.12. The minimum Gasteiger partial charge on any atom is -0.340 e. The minimum absolute atomic E-state index is 0.145. The molecular weight excluding hydrogens is 278 g/mol. The maximum Gasteiger partial charge on any atom is 0.237 e. The van der Waals surface area contributed by atoms with Gasteiger partial charge in [0.25, 0.3) is 0 Å². The molecule has 1 saturated carbocycles. The summed E-state index contributed by atoms with van der Waals surface area (Å²) >= 11 is 0. The third kappa shape index (κ3) is 3.45. The quantitative estimate of drug-likeness (QED) is 0.773. The normalized spacial score (nSPS) is 30.0. The Kier molecular flexibility index (Phi) is 5.01. The van der Waals surface area contributed by atoms with Gasteiger partial charge in [-0.15, -0.1) is 0 Å². The fourth-order valence-corrected chi connectivity index (χ4v) is 4.44. The summed E-state index contributed by atoms with van der Waals surface area (Å²) in [5.74, 6) is 1.21. The second-order valence-electron chi connectivity index (χ2n) is 7.12. The van der Waals surface area contributed by atoms with E-state index in [2.05, 4.69) is 9.80 Å². The average Bonchev–Trinajstić information content (AvgIpc) is 2.54. The van der Waals surface area contributed by atoms with E-state index in [9.17, 15) is 9.59 Å². The molecule has 22 heavy (non-hydrogen) atoms. The van der Waals surface area contributed by atoms with Crippen LogP contribution in [0.25, 0.3) is 0 Å². The lowest BCUT2D eigenvalue weighted by atomic mass is 9.78. The molecule has 5 nitrogen and oxygen atoms in total. The third-order valence-corrected chi connectivity index (χ3v) is 5.74. The number of piperidine rings is 1. The van der Waals surface area contributed by atoms with Crippen molar-refractivity contribution in [3.63, 3.8) is 0 Å². The molecule has 2 saturated heterocycles. The molecule has 2 unspecified atom stereocenters. The number of likely N-dealkylation sites (tertiary alicyclic amines) is 1. The van der Waals surface area contributed by atoms with E-state index in [1.165, 1.54) is 38.5 Å². The van der Waals surface area contributed by atoms with Gasteiger partial charge >= 0.3 is 0 Å². The lowest BCUT2D eigenvalue weighted by Gasteiger charge is -2.45. The van der Waals surface area contributed by atoms with Gasteiger partial charge in [-0.25, -0.2) is 0 Å². The molecule has 2 atom stereocenters. The van der Waals surface area contributed by atoms with Crippen molar-refractivity contribution in [3.8, 4) is 0 Å². The molecule has 124 valence electrons. The second kappa shape index (κ2) is 6.99. The Bertz CT molecular complexity index is 416. The summed E-state index contributed by atoms with van der Waals surface area (Å²) in [6, 6.07) is 0.508. The Morgan fingerprint density at radius 3 is 2.32 bits per heavy atom. The van der Waals surface area contributed by atoms with E-state index in [0.717, 1.165) is 38.6 Å². The van der Waals surface area contributed by atoms with Gasteiger partial charge in [0.05, 0.1) is 6.54 Å². The number of hydrogen-bond acceptors (Lipinski definition) is 3.